The minimum Gasteiger partial charge on any atom is -0.467 e. The van der Waals surface area contributed by atoms with E-state index >= 15 is 0 Å². The highest BCUT2D eigenvalue weighted by atomic mass is 32.2. The average Bonchev–Trinajstić information content (AvgIpc) is 3.29. The Morgan fingerprint density at radius 3 is 2.22 bits per heavy atom. The van der Waals surface area contributed by atoms with Gasteiger partial charge >= 0.3 is 5.97 Å². The molecule has 2 heterocycles. The third-order valence-corrected chi connectivity index (χ3v) is 8.86. The molecule has 0 unspecified atom stereocenters. The smallest absolute Gasteiger partial charge is 0.343 e. The number of ether oxygens (including phenoxy) is 2. The molecule has 160 valence electrons. The normalized spacial score (nSPS) is 27.5. The third kappa shape index (κ3) is 2.26. The second kappa shape index (κ2) is 6.64. The maximum atomic E-state index is 13.8. The maximum absolute atomic E-state index is 13.8. The molecule has 6 rings (SSSR count). The molecule has 0 amide bonds. The zero-order chi connectivity index (χ0) is 22.1. The van der Waals surface area contributed by atoms with E-state index < -0.39 is 39.3 Å². The number of hydrogen-bond donors (Lipinski definition) is 0. The zero-order valence-corrected chi connectivity index (χ0v) is 18.1. The number of carbonyl (C=O) groups excluding carboxylic acids is 1. The Balaban J connectivity index is 1.64. The van der Waals surface area contributed by atoms with Crippen molar-refractivity contribution in [2.75, 3.05) is 7.11 Å². The third-order valence-electron chi connectivity index (χ3n) is 6.90. The Morgan fingerprint density at radius 1 is 0.906 bits per heavy atom. The highest BCUT2D eigenvalue weighted by Gasteiger charge is 2.74. The summed E-state index contributed by atoms with van der Waals surface area (Å²) in [7, 11) is -2.45. The SMILES string of the molecule is COC(=O)[C@]12O[C@H](c3ccccc31)[C@H]1C(S(=O)(=O)c3ccccc3)=C(c3ccccc3)[C@H]12. The van der Waals surface area contributed by atoms with Gasteiger partial charge in [0.05, 0.1) is 23.0 Å². The molecule has 2 aliphatic heterocycles. The Bertz CT molecular complexity index is 1380. The van der Waals surface area contributed by atoms with Gasteiger partial charge in [-0.25, -0.2) is 13.2 Å². The topological polar surface area (TPSA) is 69.7 Å². The second-order valence-electron chi connectivity index (χ2n) is 8.32. The molecule has 2 bridgehead atoms. The van der Waals surface area contributed by atoms with Crippen molar-refractivity contribution >= 4 is 21.4 Å². The van der Waals surface area contributed by atoms with Crippen molar-refractivity contribution in [2.24, 2.45) is 11.8 Å². The quantitative estimate of drug-likeness (QED) is 0.562. The van der Waals surface area contributed by atoms with Gasteiger partial charge in [-0.1, -0.05) is 72.8 Å². The van der Waals surface area contributed by atoms with Gasteiger partial charge in [0.1, 0.15) is 0 Å². The van der Waals surface area contributed by atoms with Crippen LogP contribution in [0.2, 0.25) is 0 Å². The molecular formula is C26H20O5S. The monoisotopic (exact) mass is 444 g/mol. The van der Waals surface area contributed by atoms with Crippen LogP contribution in [0.4, 0.5) is 0 Å². The molecule has 0 saturated carbocycles. The largest absolute Gasteiger partial charge is 0.467 e. The summed E-state index contributed by atoms with van der Waals surface area (Å²) in [6.45, 7) is 0. The summed E-state index contributed by atoms with van der Waals surface area (Å²) >= 11 is 0. The Labute approximate surface area is 186 Å². The lowest BCUT2D eigenvalue weighted by molar-refractivity contribution is -0.168. The minimum absolute atomic E-state index is 0.241. The molecule has 32 heavy (non-hydrogen) atoms. The number of fused-ring (bicyclic) bond motifs is 8. The van der Waals surface area contributed by atoms with Crippen LogP contribution in [-0.4, -0.2) is 21.5 Å². The molecule has 1 aliphatic carbocycles. The molecule has 0 N–H and O–H groups in total. The van der Waals surface area contributed by atoms with Crippen molar-refractivity contribution in [3.63, 3.8) is 0 Å². The van der Waals surface area contributed by atoms with E-state index in [0.717, 1.165) is 16.7 Å². The Kier molecular flexibility index (Phi) is 4.04. The first-order valence-electron chi connectivity index (χ1n) is 10.5. The van der Waals surface area contributed by atoms with Gasteiger partial charge in [0.25, 0.3) is 0 Å². The number of benzene rings is 3. The number of carbonyl (C=O) groups is 1. The van der Waals surface area contributed by atoms with E-state index in [2.05, 4.69) is 0 Å². The minimum atomic E-state index is -3.79. The lowest BCUT2D eigenvalue weighted by Crippen LogP contribution is -2.49. The van der Waals surface area contributed by atoms with Crippen molar-refractivity contribution in [3.05, 3.63) is 107 Å². The zero-order valence-electron chi connectivity index (χ0n) is 17.3. The molecular weight excluding hydrogens is 424 g/mol. The van der Waals surface area contributed by atoms with Crippen LogP contribution in [0.15, 0.2) is 94.7 Å². The summed E-state index contributed by atoms with van der Waals surface area (Å²) in [6, 6.07) is 25.4. The van der Waals surface area contributed by atoms with Crippen molar-refractivity contribution in [1.82, 2.24) is 0 Å². The number of rotatable bonds is 4. The van der Waals surface area contributed by atoms with E-state index in [0.29, 0.717) is 10.5 Å². The summed E-state index contributed by atoms with van der Waals surface area (Å²) < 4.78 is 39.3. The van der Waals surface area contributed by atoms with Gasteiger partial charge < -0.3 is 9.47 Å². The molecule has 0 radical (unpaired) electrons. The highest BCUT2D eigenvalue weighted by Crippen LogP contribution is 2.72. The summed E-state index contributed by atoms with van der Waals surface area (Å²) in [4.78, 5) is 13.8. The van der Waals surface area contributed by atoms with Crippen LogP contribution in [0.5, 0.6) is 0 Å². The first-order chi connectivity index (χ1) is 15.5. The summed E-state index contributed by atoms with van der Waals surface area (Å²) in [6.07, 6.45) is -0.517. The van der Waals surface area contributed by atoms with Gasteiger partial charge in [-0.2, -0.15) is 0 Å². The van der Waals surface area contributed by atoms with Gasteiger partial charge in [-0.15, -0.1) is 0 Å². The number of sulfone groups is 1. The molecule has 6 heteroatoms. The first-order valence-corrected chi connectivity index (χ1v) is 12.0. The van der Waals surface area contributed by atoms with E-state index in [-0.39, 0.29) is 4.90 Å². The van der Waals surface area contributed by atoms with Crippen LogP contribution in [0, 0.1) is 11.8 Å². The standard InChI is InChI=1S/C26H20O5S/c1-30-25(27)26-19-15-9-8-14-18(19)23(31-26)21-22(26)20(16-10-4-2-5-11-16)24(21)32(28,29)17-12-6-3-7-13-17/h2-15,21-23H,1H3/t21-,22+,23+,26-/m0/s1. The number of hydrogen-bond acceptors (Lipinski definition) is 5. The highest BCUT2D eigenvalue weighted by molar-refractivity contribution is 7.95. The molecule has 4 atom stereocenters. The van der Waals surface area contributed by atoms with Gasteiger partial charge in [0.15, 0.2) is 5.60 Å². The Morgan fingerprint density at radius 2 is 1.53 bits per heavy atom. The molecule has 5 nitrogen and oxygen atoms in total. The fourth-order valence-corrected chi connectivity index (χ4v) is 7.60. The van der Waals surface area contributed by atoms with Crippen LogP contribution in [0.3, 0.4) is 0 Å². The summed E-state index contributed by atoms with van der Waals surface area (Å²) in [5.74, 6) is -1.39. The molecule has 3 aliphatic rings. The van der Waals surface area contributed by atoms with Crippen LogP contribution in [0.1, 0.15) is 22.8 Å². The predicted octanol–water partition coefficient (Wildman–Crippen LogP) is 4.27. The fraction of sp³-hybridized carbons (Fsp3) is 0.192. The number of esters is 1. The van der Waals surface area contributed by atoms with Crippen molar-refractivity contribution in [3.8, 4) is 0 Å². The summed E-state index contributed by atoms with van der Waals surface area (Å²) in [5, 5.41) is 0. The molecule has 1 fully saturated rings. The summed E-state index contributed by atoms with van der Waals surface area (Å²) in [5.41, 5.74) is 1.69. The van der Waals surface area contributed by atoms with Gasteiger partial charge in [-0.3, -0.25) is 0 Å². The fourth-order valence-electron chi connectivity index (χ4n) is 5.68. The van der Waals surface area contributed by atoms with Gasteiger partial charge in [-0.05, 0) is 28.8 Å². The predicted molar refractivity (Wildman–Crippen MR) is 118 cm³/mol. The van der Waals surface area contributed by atoms with E-state index in [4.69, 9.17) is 9.47 Å². The van der Waals surface area contributed by atoms with Crippen LogP contribution >= 0.6 is 0 Å². The van der Waals surface area contributed by atoms with E-state index in [9.17, 15) is 13.2 Å². The molecule has 1 saturated heterocycles. The van der Waals surface area contributed by atoms with Crippen molar-refractivity contribution in [2.45, 2.75) is 16.6 Å². The maximum Gasteiger partial charge on any atom is 0.343 e. The van der Waals surface area contributed by atoms with Crippen LogP contribution in [-0.2, 0) is 29.7 Å². The molecule has 0 aromatic heterocycles. The van der Waals surface area contributed by atoms with Crippen LogP contribution < -0.4 is 0 Å². The molecule has 3 aromatic carbocycles. The molecule has 3 aromatic rings. The average molecular weight is 445 g/mol. The van der Waals surface area contributed by atoms with Gasteiger partial charge in [0.2, 0.25) is 9.84 Å². The lowest BCUT2D eigenvalue weighted by atomic mass is 9.58. The van der Waals surface area contributed by atoms with Crippen molar-refractivity contribution < 1.29 is 22.7 Å². The van der Waals surface area contributed by atoms with Crippen LogP contribution in [0.25, 0.3) is 5.57 Å². The lowest BCUT2D eigenvalue weighted by Gasteiger charge is -2.46. The molecule has 0 spiro atoms. The van der Waals surface area contributed by atoms with E-state index in [1.165, 1.54) is 7.11 Å². The van der Waals surface area contributed by atoms with Crippen molar-refractivity contribution in [1.29, 1.82) is 0 Å². The van der Waals surface area contributed by atoms with E-state index in [1.54, 1.807) is 30.3 Å². The van der Waals surface area contributed by atoms with E-state index in [1.807, 2.05) is 54.6 Å². The van der Waals surface area contributed by atoms with Gasteiger partial charge in [0, 0.05) is 17.4 Å². The second-order valence-corrected chi connectivity index (χ2v) is 10.2. The Hall–Kier alpha value is -3.22. The first kappa shape index (κ1) is 19.5. The number of methoxy groups -OCH3 is 1.